The van der Waals surface area contributed by atoms with Crippen molar-refractivity contribution in [2.24, 2.45) is 0 Å². The minimum atomic E-state index is -2.52. The minimum Gasteiger partial charge on any atom is -0.374 e. The van der Waals surface area contributed by atoms with Crippen molar-refractivity contribution in [3.8, 4) is 0 Å². The molecule has 13 heteroatoms. The van der Waals surface area contributed by atoms with Gasteiger partial charge in [-0.05, 0) is 67.2 Å². The molecule has 0 aliphatic heterocycles. The highest BCUT2D eigenvalue weighted by Gasteiger charge is 2.40. The van der Waals surface area contributed by atoms with Crippen LogP contribution >= 0.6 is 0 Å². The van der Waals surface area contributed by atoms with Crippen molar-refractivity contribution in [2.45, 2.75) is 105 Å². The second-order valence-electron chi connectivity index (χ2n) is 9.28. The summed E-state index contributed by atoms with van der Waals surface area (Å²) in [7, 11) is -5.05. The summed E-state index contributed by atoms with van der Waals surface area (Å²) in [5.41, 5.74) is 0. The molecular weight excluding hydrogens is 546 g/mol. The van der Waals surface area contributed by atoms with E-state index in [9.17, 15) is 0 Å². The minimum absolute atomic E-state index is 0.608. The zero-order valence-electron chi connectivity index (χ0n) is 26.1. The van der Waals surface area contributed by atoms with Gasteiger partial charge in [0.2, 0.25) is 11.9 Å². The van der Waals surface area contributed by atoms with Crippen molar-refractivity contribution in [1.82, 2.24) is 15.0 Å². The Morgan fingerprint density at radius 3 is 1.15 bits per heavy atom. The molecule has 234 valence electrons. The lowest BCUT2D eigenvalue weighted by molar-refractivity contribution is 0.0698. The first-order valence-corrected chi connectivity index (χ1v) is 19.4. The molecule has 0 saturated heterocycles. The number of nitrogens with zero attached hydrogens (tertiary/aromatic N) is 3. The predicted molar refractivity (Wildman–Crippen MR) is 165 cm³/mol. The Kier molecular flexibility index (Phi) is 21.5. The summed E-state index contributed by atoms with van der Waals surface area (Å²) in [6, 6.07) is 1.74. The van der Waals surface area contributed by atoms with Gasteiger partial charge in [-0.15, -0.1) is 0 Å². The summed E-state index contributed by atoms with van der Waals surface area (Å²) in [5, 5.41) is 6.63. The van der Waals surface area contributed by atoms with Crippen LogP contribution in [0.5, 0.6) is 0 Å². The first kappa shape index (κ1) is 36.8. The van der Waals surface area contributed by atoms with Crippen LogP contribution in [0.2, 0.25) is 12.1 Å². The van der Waals surface area contributed by atoms with E-state index in [2.05, 4.69) is 25.6 Å². The van der Waals surface area contributed by atoms with Gasteiger partial charge in [0, 0.05) is 64.8 Å². The summed E-state index contributed by atoms with van der Waals surface area (Å²) in [6.45, 7) is 17.4. The van der Waals surface area contributed by atoms with Crippen LogP contribution < -0.4 is 10.6 Å². The maximum Gasteiger partial charge on any atom is 0.500 e. The van der Waals surface area contributed by atoms with E-state index in [0.717, 1.165) is 76.5 Å². The van der Waals surface area contributed by atoms with E-state index >= 15 is 0 Å². The van der Waals surface area contributed by atoms with Crippen molar-refractivity contribution < 1.29 is 26.6 Å². The van der Waals surface area contributed by atoms with Gasteiger partial charge in [-0.3, -0.25) is 0 Å². The fourth-order valence-electron chi connectivity index (χ4n) is 4.51. The molecule has 11 nitrogen and oxygen atoms in total. The number of aromatic nitrogens is 3. The summed E-state index contributed by atoms with van der Waals surface area (Å²) in [5.74, 6) is 1.22. The highest BCUT2D eigenvalue weighted by atomic mass is 28.4. The molecule has 0 bridgehead atoms. The highest BCUT2D eigenvalue weighted by molar-refractivity contribution is 6.61. The lowest BCUT2D eigenvalue weighted by Crippen LogP contribution is -2.45. The average molecular weight is 604 g/mol. The number of hydrogen-bond acceptors (Lipinski definition) is 11. The van der Waals surface area contributed by atoms with Crippen molar-refractivity contribution in [1.29, 1.82) is 0 Å². The molecule has 0 saturated carbocycles. The monoisotopic (exact) mass is 603 g/mol. The Bertz CT molecular complexity index is 651. The van der Waals surface area contributed by atoms with Gasteiger partial charge in [0.25, 0.3) is 0 Å². The van der Waals surface area contributed by atoms with Crippen LogP contribution in [0, 0.1) is 0 Å². The number of anilines is 2. The molecule has 0 spiro atoms. The Hall–Kier alpha value is -1.20. The summed E-state index contributed by atoms with van der Waals surface area (Å²) >= 11 is 0. The van der Waals surface area contributed by atoms with Crippen LogP contribution in [0.3, 0.4) is 0 Å². The average Bonchev–Trinajstić information content (AvgIpc) is 2.93. The van der Waals surface area contributed by atoms with Gasteiger partial charge in [-0.2, -0.15) is 4.98 Å². The Labute approximate surface area is 245 Å². The molecule has 0 aliphatic carbocycles. The van der Waals surface area contributed by atoms with Gasteiger partial charge in [-0.1, -0.05) is 25.7 Å². The normalized spacial score (nSPS) is 12.2. The molecule has 0 amide bonds. The van der Waals surface area contributed by atoms with E-state index in [1.165, 1.54) is 0 Å². The second-order valence-corrected chi connectivity index (χ2v) is 14.7. The zero-order chi connectivity index (χ0) is 29.4. The van der Waals surface area contributed by atoms with Gasteiger partial charge < -0.3 is 37.2 Å². The maximum absolute atomic E-state index is 5.94. The maximum atomic E-state index is 5.94. The van der Waals surface area contributed by atoms with E-state index in [1.807, 2.05) is 41.5 Å². The molecule has 0 fully saturated rings. The molecule has 0 aliphatic rings. The third-order valence-electron chi connectivity index (χ3n) is 6.14. The molecule has 1 rings (SSSR count). The van der Waals surface area contributed by atoms with E-state index in [4.69, 9.17) is 26.6 Å². The molecular formula is C27H57N5O6Si2. The molecule has 0 radical (unpaired) electrons. The first-order chi connectivity index (χ1) is 19.5. The molecule has 2 N–H and O–H groups in total. The van der Waals surface area contributed by atoms with Crippen LogP contribution in [0.25, 0.3) is 0 Å². The number of unbranched alkanes of at least 4 members (excludes halogenated alkanes) is 6. The first-order valence-electron chi connectivity index (χ1n) is 15.5. The van der Waals surface area contributed by atoms with Crippen molar-refractivity contribution in [3.63, 3.8) is 0 Å². The van der Waals surface area contributed by atoms with Crippen LogP contribution in [0.15, 0.2) is 6.33 Å². The molecule has 40 heavy (non-hydrogen) atoms. The summed E-state index contributed by atoms with van der Waals surface area (Å²) < 4.78 is 35.6. The molecule has 1 heterocycles. The van der Waals surface area contributed by atoms with Crippen molar-refractivity contribution in [3.05, 3.63) is 6.33 Å². The van der Waals surface area contributed by atoms with E-state index in [1.54, 1.807) is 6.33 Å². The van der Waals surface area contributed by atoms with Crippen LogP contribution in [0.4, 0.5) is 11.9 Å². The van der Waals surface area contributed by atoms with E-state index in [0.29, 0.717) is 51.5 Å². The number of hydrogen-bond donors (Lipinski definition) is 2. The summed E-state index contributed by atoms with van der Waals surface area (Å²) in [6.07, 6.45) is 10.2. The van der Waals surface area contributed by atoms with E-state index in [-0.39, 0.29) is 0 Å². The zero-order valence-corrected chi connectivity index (χ0v) is 28.1. The SMILES string of the molecule is CCO[Si](CCCCCCNc1ncnc(NCCCCCC[Si](OCC)(OCC)OCC)n1)(OCC)OCC. The topological polar surface area (TPSA) is 118 Å². The van der Waals surface area contributed by atoms with Crippen LogP contribution in [0.1, 0.15) is 92.9 Å². The Balaban J connectivity index is 2.24. The summed E-state index contributed by atoms with van der Waals surface area (Å²) in [4.78, 5) is 13.0. The van der Waals surface area contributed by atoms with Gasteiger partial charge in [0.15, 0.2) is 0 Å². The molecule has 1 aromatic rings. The molecule has 0 atom stereocenters. The molecule has 1 aromatic heterocycles. The fourth-order valence-corrected chi connectivity index (χ4v) is 9.88. The van der Waals surface area contributed by atoms with Crippen LogP contribution in [-0.2, 0) is 26.6 Å². The Morgan fingerprint density at radius 1 is 0.500 bits per heavy atom. The number of rotatable bonds is 28. The van der Waals surface area contributed by atoms with Crippen molar-refractivity contribution in [2.75, 3.05) is 63.4 Å². The highest BCUT2D eigenvalue weighted by Crippen LogP contribution is 2.21. The largest absolute Gasteiger partial charge is 0.500 e. The predicted octanol–water partition coefficient (Wildman–Crippen LogP) is 5.91. The Morgan fingerprint density at radius 2 is 0.825 bits per heavy atom. The van der Waals surface area contributed by atoms with Gasteiger partial charge >= 0.3 is 17.6 Å². The lowest BCUT2D eigenvalue weighted by Gasteiger charge is -2.28. The van der Waals surface area contributed by atoms with Crippen molar-refractivity contribution >= 4 is 29.5 Å². The molecule has 0 unspecified atom stereocenters. The second kappa shape index (κ2) is 23.4. The third kappa shape index (κ3) is 15.7. The van der Waals surface area contributed by atoms with Gasteiger partial charge in [0.1, 0.15) is 6.33 Å². The smallest absolute Gasteiger partial charge is 0.374 e. The van der Waals surface area contributed by atoms with Crippen LogP contribution in [-0.4, -0.2) is 85.3 Å². The third-order valence-corrected chi connectivity index (χ3v) is 12.4. The van der Waals surface area contributed by atoms with E-state index < -0.39 is 17.6 Å². The lowest BCUT2D eigenvalue weighted by atomic mass is 10.2. The quantitative estimate of drug-likeness (QED) is 0.0878. The molecule has 0 aromatic carbocycles. The van der Waals surface area contributed by atoms with Gasteiger partial charge in [-0.25, -0.2) is 9.97 Å². The number of nitrogens with one attached hydrogen (secondary N) is 2. The standard InChI is InChI=1S/C27H57N5O6Si2/c1-7-33-39(34-8-2,35-9-3)23-19-15-13-17-21-28-26-30-25-31-27(32-26)29-22-18-14-16-20-24-40(36-10-4,37-11-5)38-12-6/h25H,7-24H2,1-6H3,(H2,28,29,30,31,32). The fraction of sp³-hybridized carbons (Fsp3) is 0.889. The van der Waals surface area contributed by atoms with Gasteiger partial charge in [0.05, 0.1) is 0 Å².